The number of rotatable bonds is 5. The zero-order chi connectivity index (χ0) is 16.5. The molecule has 1 aliphatic heterocycles. The van der Waals surface area contributed by atoms with E-state index in [9.17, 15) is 19.2 Å². The highest BCUT2D eigenvalue weighted by atomic mass is 16.4. The minimum atomic E-state index is -1.01. The van der Waals surface area contributed by atoms with E-state index in [0.717, 1.165) is 17.7 Å². The van der Waals surface area contributed by atoms with Crippen molar-refractivity contribution in [1.82, 2.24) is 15.1 Å². The van der Waals surface area contributed by atoms with Crippen molar-refractivity contribution in [2.45, 2.75) is 50.6 Å². The molecule has 4 amide bonds. The van der Waals surface area contributed by atoms with E-state index in [-0.39, 0.29) is 18.9 Å². The van der Waals surface area contributed by atoms with Crippen molar-refractivity contribution >= 4 is 23.8 Å². The minimum absolute atomic E-state index is 0.0350. The summed E-state index contributed by atoms with van der Waals surface area (Å²) in [5.41, 5.74) is -0.842. The fourth-order valence-electron chi connectivity index (χ4n) is 3.11. The first-order chi connectivity index (χ1) is 10.3. The fourth-order valence-corrected chi connectivity index (χ4v) is 3.11. The highest BCUT2D eigenvalue weighted by Crippen LogP contribution is 2.35. The van der Waals surface area contributed by atoms with Gasteiger partial charge in [-0.25, -0.2) is 9.69 Å². The maximum absolute atomic E-state index is 12.6. The van der Waals surface area contributed by atoms with Crippen LogP contribution in [-0.2, 0) is 14.4 Å². The van der Waals surface area contributed by atoms with E-state index in [2.05, 4.69) is 5.32 Å². The van der Waals surface area contributed by atoms with Gasteiger partial charge in [-0.3, -0.25) is 14.4 Å². The van der Waals surface area contributed by atoms with Gasteiger partial charge in [0.15, 0.2) is 0 Å². The van der Waals surface area contributed by atoms with Crippen LogP contribution in [0, 0.1) is 0 Å². The second-order valence-corrected chi connectivity index (χ2v) is 5.97. The predicted octanol–water partition coefficient (Wildman–Crippen LogP) is 0.173. The minimum Gasteiger partial charge on any atom is -0.481 e. The largest absolute Gasteiger partial charge is 0.481 e. The number of carboxylic acid groups (broad SMARTS) is 1. The third-order valence-corrected chi connectivity index (χ3v) is 4.43. The van der Waals surface area contributed by atoms with Gasteiger partial charge in [0.25, 0.3) is 5.91 Å². The molecule has 1 unspecified atom stereocenters. The number of nitrogens with zero attached hydrogens (tertiary/aromatic N) is 2. The Hall–Kier alpha value is -2.12. The molecule has 0 aromatic rings. The summed E-state index contributed by atoms with van der Waals surface area (Å²) in [6, 6.07) is -1.48. The number of amides is 4. The molecule has 2 fully saturated rings. The van der Waals surface area contributed by atoms with Crippen LogP contribution >= 0.6 is 0 Å². The Labute approximate surface area is 128 Å². The van der Waals surface area contributed by atoms with Gasteiger partial charge < -0.3 is 15.3 Å². The van der Waals surface area contributed by atoms with Crippen LogP contribution < -0.4 is 5.32 Å². The van der Waals surface area contributed by atoms with E-state index in [1.165, 1.54) is 18.9 Å². The van der Waals surface area contributed by atoms with Crippen molar-refractivity contribution < 1.29 is 24.3 Å². The molecule has 1 saturated heterocycles. The first-order valence-corrected chi connectivity index (χ1v) is 7.41. The first kappa shape index (κ1) is 16.3. The molecule has 1 saturated carbocycles. The summed E-state index contributed by atoms with van der Waals surface area (Å²) in [6.45, 7) is 1.53. The van der Waals surface area contributed by atoms with Gasteiger partial charge in [-0.1, -0.05) is 12.8 Å². The lowest BCUT2D eigenvalue weighted by Crippen LogP contribution is -2.50. The van der Waals surface area contributed by atoms with Gasteiger partial charge in [0.1, 0.15) is 11.6 Å². The van der Waals surface area contributed by atoms with Crippen molar-refractivity contribution in [3.8, 4) is 0 Å². The zero-order valence-electron chi connectivity index (χ0n) is 12.8. The lowest BCUT2D eigenvalue weighted by Gasteiger charge is -2.27. The summed E-state index contributed by atoms with van der Waals surface area (Å²) in [4.78, 5) is 49.7. The SMILES string of the molecule is CC(C(=O)N(C)CCC(=O)O)N1C(=O)NC2(CCCC2)C1=O. The van der Waals surface area contributed by atoms with Crippen LogP contribution in [-0.4, -0.2) is 63.9 Å². The lowest BCUT2D eigenvalue weighted by molar-refractivity contribution is -0.143. The highest BCUT2D eigenvalue weighted by molar-refractivity contribution is 6.09. The number of carbonyl (C=O) groups excluding carboxylic acids is 3. The second kappa shape index (κ2) is 5.94. The maximum atomic E-state index is 12.6. The van der Waals surface area contributed by atoms with Crippen molar-refractivity contribution in [3.63, 3.8) is 0 Å². The topological polar surface area (TPSA) is 107 Å². The van der Waals surface area contributed by atoms with E-state index in [0.29, 0.717) is 12.8 Å². The van der Waals surface area contributed by atoms with Crippen LogP contribution in [0.1, 0.15) is 39.0 Å². The molecule has 2 aliphatic rings. The van der Waals surface area contributed by atoms with Crippen LogP contribution in [0.3, 0.4) is 0 Å². The monoisotopic (exact) mass is 311 g/mol. The van der Waals surface area contributed by atoms with Crippen LogP contribution in [0.25, 0.3) is 0 Å². The average molecular weight is 311 g/mol. The maximum Gasteiger partial charge on any atom is 0.325 e. The molecule has 8 nitrogen and oxygen atoms in total. The van der Waals surface area contributed by atoms with Gasteiger partial charge >= 0.3 is 12.0 Å². The van der Waals surface area contributed by atoms with Crippen molar-refractivity contribution in [3.05, 3.63) is 0 Å². The third-order valence-electron chi connectivity index (χ3n) is 4.43. The molecule has 1 heterocycles. The number of carbonyl (C=O) groups is 4. The summed E-state index contributed by atoms with van der Waals surface area (Å²) in [7, 11) is 1.46. The number of likely N-dealkylation sites (N-methyl/N-ethyl adjacent to an activating group) is 1. The molecule has 1 spiro atoms. The smallest absolute Gasteiger partial charge is 0.325 e. The first-order valence-electron chi connectivity index (χ1n) is 7.41. The van der Waals surface area contributed by atoms with E-state index in [1.807, 2.05) is 0 Å². The Kier molecular flexibility index (Phi) is 4.39. The number of hydrogen-bond donors (Lipinski definition) is 2. The number of hydrogen-bond acceptors (Lipinski definition) is 4. The Morgan fingerprint density at radius 3 is 2.50 bits per heavy atom. The molecule has 122 valence electrons. The van der Waals surface area contributed by atoms with Crippen LogP contribution in [0.15, 0.2) is 0 Å². The standard InChI is InChI=1S/C14H21N3O5/c1-9(11(20)16(2)8-5-10(18)19)17-12(21)14(15-13(17)22)6-3-4-7-14/h9H,3-8H2,1-2H3,(H,15,22)(H,18,19). The van der Waals surface area contributed by atoms with Gasteiger partial charge in [-0.2, -0.15) is 0 Å². The summed E-state index contributed by atoms with van der Waals surface area (Å²) in [6.07, 6.45) is 2.77. The molecular weight excluding hydrogens is 290 g/mol. The lowest BCUT2D eigenvalue weighted by atomic mass is 9.97. The van der Waals surface area contributed by atoms with Crippen molar-refractivity contribution in [2.24, 2.45) is 0 Å². The molecule has 0 aromatic heterocycles. The van der Waals surface area contributed by atoms with Crippen molar-refractivity contribution in [2.75, 3.05) is 13.6 Å². The zero-order valence-corrected chi connectivity index (χ0v) is 12.8. The quantitative estimate of drug-likeness (QED) is 0.704. The molecule has 0 bridgehead atoms. The van der Waals surface area contributed by atoms with Gasteiger partial charge in [0.05, 0.1) is 6.42 Å². The molecule has 22 heavy (non-hydrogen) atoms. The molecule has 0 radical (unpaired) electrons. The van der Waals surface area contributed by atoms with E-state index >= 15 is 0 Å². The normalized spacial score (nSPS) is 21.1. The van der Waals surface area contributed by atoms with E-state index in [4.69, 9.17) is 5.11 Å². The third kappa shape index (κ3) is 2.77. The summed E-state index contributed by atoms with van der Waals surface area (Å²) in [5, 5.41) is 11.4. The second-order valence-electron chi connectivity index (χ2n) is 5.97. The molecule has 1 aliphatic carbocycles. The molecular formula is C14H21N3O5. The number of aliphatic carboxylic acids is 1. The number of nitrogens with one attached hydrogen (secondary N) is 1. The number of imide groups is 1. The summed E-state index contributed by atoms with van der Waals surface area (Å²) in [5.74, 6) is -1.80. The summed E-state index contributed by atoms with van der Waals surface area (Å²) < 4.78 is 0. The molecule has 1 atom stereocenters. The molecule has 0 aromatic carbocycles. The molecule has 2 N–H and O–H groups in total. The van der Waals surface area contributed by atoms with Gasteiger partial charge in [0.2, 0.25) is 5.91 Å². The van der Waals surface area contributed by atoms with E-state index < -0.39 is 29.5 Å². The Balaban J connectivity index is 2.06. The van der Waals surface area contributed by atoms with Crippen LogP contribution in [0.2, 0.25) is 0 Å². The van der Waals surface area contributed by atoms with Crippen LogP contribution in [0.4, 0.5) is 4.79 Å². The predicted molar refractivity (Wildman–Crippen MR) is 75.9 cm³/mol. The van der Waals surface area contributed by atoms with Crippen LogP contribution in [0.5, 0.6) is 0 Å². The van der Waals surface area contributed by atoms with Gasteiger partial charge in [-0.15, -0.1) is 0 Å². The highest BCUT2D eigenvalue weighted by Gasteiger charge is 2.54. The summed E-state index contributed by atoms with van der Waals surface area (Å²) >= 11 is 0. The average Bonchev–Trinajstić information content (AvgIpc) is 3.01. The van der Waals surface area contributed by atoms with Crippen molar-refractivity contribution in [1.29, 1.82) is 0 Å². The number of carboxylic acids is 1. The van der Waals surface area contributed by atoms with Gasteiger partial charge in [0, 0.05) is 13.6 Å². The Bertz CT molecular complexity index is 513. The fraction of sp³-hybridized carbons (Fsp3) is 0.714. The number of urea groups is 1. The Morgan fingerprint density at radius 1 is 1.36 bits per heavy atom. The van der Waals surface area contributed by atoms with E-state index in [1.54, 1.807) is 0 Å². The van der Waals surface area contributed by atoms with Gasteiger partial charge in [-0.05, 0) is 19.8 Å². The molecule has 8 heteroatoms. The molecule has 2 rings (SSSR count). The Morgan fingerprint density at radius 2 is 1.95 bits per heavy atom.